The molecule has 0 aromatic heterocycles. The van der Waals surface area contributed by atoms with Gasteiger partial charge < -0.3 is 5.73 Å². The molecule has 0 spiro atoms. The third kappa shape index (κ3) is 2.84. The minimum Gasteiger partial charge on any atom is -0.326 e. The quantitative estimate of drug-likeness (QED) is 0.861. The Morgan fingerprint density at radius 1 is 0.875 bits per heavy atom. The monoisotopic (exact) mass is 231 g/mol. The molecule has 0 heterocycles. The van der Waals surface area contributed by atoms with E-state index in [9.17, 15) is 0 Å². The van der Waals surface area contributed by atoms with Crippen molar-refractivity contribution in [1.29, 1.82) is 0 Å². The molecule has 82 valence electrons. The van der Waals surface area contributed by atoms with Crippen molar-refractivity contribution in [2.45, 2.75) is 13.0 Å². The molecule has 2 aromatic carbocycles. The largest absolute Gasteiger partial charge is 0.326 e. The van der Waals surface area contributed by atoms with E-state index in [-0.39, 0.29) is 0 Å². The van der Waals surface area contributed by atoms with Gasteiger partial charge in [-0.05, 0) is 35.2 Å². The molecule has 0 atom stereocenters. The molecule has 0 radical (unpaired) electrons. The molecule has 2 heteroatoms. The van der Waals surface area contributed by atoms with E-state index in [1.165, 1.54) is 11.1 Å². The summed E-state index contributed by atoms with van der Waals surface area (Å²) >= 11 is 5.94. The Hall–Kier alpha value is -1.31. The molecule has 2 rings (SSSR count). The lowest BCUT2D eigenvalue weighted by atomic mass is 10.0. The first-order valence-corrected chi connectivity index (χ1v) is 5.68. The number of benzene rings is 2. The minimum atomic E-state index is 0.595. The first-order valence-electron chi connectivity index (χ1n) is 5.30. The summed E-state index contributed by atoms with van der Waals surface area (Å²) in [6.45, 7) is 0.595. The fraction of sp³-hybridized carbons (Fsp3) is 0.143. The van der Waals surface area contributed by atoms with Crippen molar-refractivity contribution in [2.24, 2.45) is 5.73 Å². The average molecular weight is 232 g/mol. The zero-order valence-electron chi connectivity index (χ0n) is 8.99. The number of rotatable bonds is 3. The zero-order chi connectivity index (χ0) is 11.4. The van der Waals surface area contributed by atoms with Gasteiger partial charge in [-0.15, -0.1) is 0 Å². The van der Waals surface area contributed by atoms with Gasteiger partial charge in [0.15, 0.2) is 0 Å². The third-order valence-corrected chi connectivity index (χ3v) is 2.79. The Balaban J connectivity index is 2.14. The summed E-state index contributed by atoms with van der Waals surface area (Å²) < 4.78 is 0. The van der Waals surface area contributed by atoms with E-state index in [1.54, 1.807) is 0 Å². The van der Waals surface area contributed by atoms with Gasteiger partial charge in [-0.3, -0.25) is 0 Å². The van der Waals surface area contributed by atoms with Crippen molar-refractivity contribution < 1.29 is 0 Å². The summed E-state index contributed by atoms with van der Waals surface area (Å²) in [5.41, 5.74) is 9.22. The van der Waals surface area contributed by atoms with E-state index in [0.717, 1.165) is 17.0 Å². The lowest BCUT2D eigenvalue weighted by Crippen LogP contribution is -1.96. The standard InChI is InChI=1S/C14H14ClN/c15-14-3-1-2-13(9-14)8-11-4-6-12(10-16)7-5-11/h1-7,9H,8,10,16H2. The highest BCUT2D eigenvalue weighted by Crippen LogP contribution is 2.15. The van der Waals surface area contributed by atoms with E-state index in [4.69, 9.17) is 17.3 Å². The molecular weight excluding hydrogens is 218 g/mol. The number of hydrogen-bond acceptors (Lipinski definition) is 1. The molecule has 0 fully saturated rings. The summed E-state index contributed by atoms with van der Waals surface area (Å²) in [7, 11) is 0. The number of nitrogens with two attached hydrogens (primary N) is 1. The van der Waals surface area contributed by atoms with Gasteiger partial charge in [-0.1, -0.05) is 48.0 Å². The molecule has 1 nitrogen and oxygen atoms in total. The topological polar surface area (TPSA) is 26.0 Å². The van der Waals surface area contributed by atoms with Gasteiger partial charge in [0.05, 0.1) is 0 Å². The van der Waals surface area contributed by atoms with Crippen LogP contribution in [0.25, 0.3) is 0 Å². The maximum atomic E-state index is 5.94. The van der Waals surface area contributed by atoms with Crippen LogP contribution in [0.1, 0.15) is 16.7 Å². The molecule has 0 bridgehead atoms. The van der Waals surface area contributed by atoms with Crippen LogP contribution in [-0.2, 0) is 13.0 Å². The lowest BCUT2D eigenvalue weighted by molar-refractivity contribution is 1.06. The van der Waals surface area contributed by atoms with Gasteiger partial charge in [0, 0.05) is 11.6 Å². The number of hydrogen-bond donors (Lipinski definition) is 1. The van der Waals surface area contributed by atoms with Crippen LogP contribution < -0.4 is 5.73 Å². The molecule has 0 aliphatic carbocycles. The predicted molar refractivity (Wildman–Crippen MR) is 68.6 cm³/mol. The Kier molecular flexibility index (Phi) is 3.60. The van der Waals surface area contributed by atoms with Crippen LogP contribution in [0.15, 0.2) is 48.5 Å². The van der Waals surface area contributed by atoms with E-state index < -0.39 is 0 Å². The van der Waals surface area contributed by atoms with Crippen molar-refractivity contribution in [3.8, 4) is 0 Å². The van der Waals surface area contributed by atoms with E-state index in [0.29, 0.717) is 6.54 Å². The first kappa shape index (κ1) is 11.2. The second kappa shape index (κ2) is 5.15. The Bertz CT molecular complexity index is 462. The molecule has 0 aliphatic heterocycles. The number of halogens is 1. The van der Waals surface area contributed by atoms with Crippen LogP contribution in [0.5, 0.6) is 0 Å². The van der Waals surface area contributed by atoms with Gasteiger partial charge >= 0.3 is 0 Å². The van der Waals surface area contributed by atoms with Crippen molar-refractivity contribution >= 4 is 11.6 Å². The highest BCUT2D eigenvalue weighted by molar-refractivity contribution is 6.30. The molecule has 2 N–H and O–H groups in total. The van der Waals surface area contributed by atoms with E-state index >= 15 is 0 Å². The lowest BCUT2D eigenvalue weighted by Gasteiger charge is -2.03. The van der Waals surface area contributed by atoms with Crippen molar-refractivity contribution in [1.82, 2.24) is 0 Å². The fourth-order valence-corrected chi connectivity index (χ4v) is 1.89. The Morgan fingerprint density at radius 2 is 1.56 bits per heavy atom. The maximum absolute atomic E-state index is 5.94. The van der Waals surface area contributed by atoms with Gasteiger partial charge in [0.2, 0.25) is 0 Å². The van der Waals surface area contributed by atoms with Crippen LogP contribution in [-0.4, -0.2) is 0 Å². The summed E-state index contributed by atoms with van der Waals surface area (Å²) in [5, 5.41) is 0.788. The normalized spacial score (nSPS) is 10.4. The van der Waals surface area contributed by atoms with Gasteiger partial charge in [-0.2, -0.15) is 0 Å². The average Bonchev–Trinajstić information content (AvgIpc) is 2.30. The molecular formula is C14H14ClN. The molecule has 0 aliphatic rings. The predicted octanol–water partition coefficient (Wildman–Crippen LogP) is 3.39. The minimum absolute atomic E-state index is 0.595. The molecule has 0 saturated carbocycles. The van der Waals surface area contributed by atoms with Crippen molar-refractivity contribution in [3.63, 3.8) is 0 Å². The molecule has 0 saturated heterocycles. The Labute approximate surface area is 101 Å². The van der Waals surface area contributed by atoms with Crippen LogP contribution >= 0.6 is 11.6 Å². The summed E-state index contributed by atoms with van der Waals surface area (Å²) in [6, 6.07) is 16.3. The van der Waals surface area contributed by atoms with Gasteiger partial charge in [0.1, 0.15) is 0 Å². The first-order chi connectivity index (χ1) is 7.78. The van der Waals surface area contributed by atoms with Crippen LogP contribution in [0, 0.1) is 0 Å². The van der Waals surface area contributed by atoms with Crippen LogP contribution in [0.4, 0.5) is 0 Å². The maximum Gasteiger partial charge on any atom is 0.0408 e. The summed E-state index contributed by atoms with van der Waals surface area (Å²) in [6.07, 6.45) is 0.908. The molecule has 16 heavy (non-hydrogen) atoms. The molecule has 0 amide bonds. The van der Waals surface area contributed by atoms with Crippen LogP contribution in [0.2, 0.25) is 5.02 Å². The van der Waals surface area contributed by atoms with Gasteiger partial charge in [0.25, 0.3) is 0 Å². The smallest absolute Gasteiger partial charge is 0.0408 e. The van der Waals surface area contributed by atoms with Crippen molar-refractivity contribution in [3.05, 3.63) is 70.2 Å². The molecule has 0 unspecified atom stereocenters. The van der Waals surface area contributed by atoms with Crippen LogP contribution in [0.3, 0.4) is 0 Å². The van der Waals surface area contributed by atoms with E-state index in [1.807, 2.05) is 18.2 Å². The fourth-order valence-electron chi connectivity index (χ4n) is 1.68. The highest BCUT2D eigenvalue weighted by Gasteiger charge is 1.97. The second-order valence-corrected chi connectivity index (χ2v) is 4.26. The van der Waals surface area contributed by atoms with E-state index in [2.05, 4.69) is 30.3 Å². The summed E-state index contributed by atoms with van der Waals surface area (Å²) in [4.78, 5) is 0. The Morgan fingerprint density at radius 3 is 2.19 bits per heavy atom. The summed E-state index contributed by atoms with van der Waals surface area (Å²) in [5.74, 6) is 0. The SMILES string of the molecule is NCc1ccc(Cc2cccc(Cl)c2)cc1. The zero-order valence-corrected chi connectivity index (χ0v) is 9.74. The van der Waals surface area contributed by atoms with Crippen molar-refractivity contribution in [2.75, 3.05) is 0 Å². The highest BCUT2D eigenvalue weighted by atomic mass is 35.5. The van der Waals surface area contributed by atoms with Gasteiger partial charge in [-0.25, -0.2) is 0 Å². The second-order valence-electron chi connectivity index (χ2n) is 3.83. The molecule has 2 aromatic rings. The third-order valence-electron chi connectivity index (χ3n) is 2.56.